The van der Waals surface area contributed by atoms with Crippen LogP contribution in [0.4, 0.5) is 8.78 Å². The molecule has 1 amide bonds. The number of halogens is 3. The third-order valence-electron chi connectivity index (χ3n) is 4.52. The van der Waals surface area contributed by atoms with Crippen molar-refractivity contribution >= 4 is 28.5 Å². The molecule has 1 aromatic heterocycles. The van der Waals surface area contributed by atoms with Crippen LogP contribution >= 0.6 is 22.6 Å². The number of ether oxygens (including phenoxy) is 1. The van der Waals surface area contributed by atoms with Gasteiger partial charge in [0.1, 0.15) is 29.3 Å². The summed E-state index contributed by atoms with van der Waals surface area (Å²) in [5, 5.41) is 0. The Labute approximate surface area is 157 Å². The van der Waals surface area contributed by atoms with Gasteiger partial charge in [-0.2, -0.15) is 0 Å². The van der Waals surface area contributed by atoms with Gasteiger partial charge in [0.05, 0.1) is 5.69 Å². The van der Waals surface area contributed by atoms with E-state index in [1.807, 2.05) is 22.6 Å². The fraction of sp³-hybridized carbons (Fsp3) is 0.333. The first-order chi connectivity index (χ1) is 11.7. The van der Waals surface area contributed by atoms with E-state index in [0.29, 0.717) is 22.6 Å². The second-order valence-electron chi connectivity index (χ2n) is 6.56. The predicted octanol–water partition coefficient (Wildman–Crippen LogP) is 3.64. The van der Waals surface area contributed by atoms with Crippen molar-refractivity contribution in [3.63, 3.8) is 0 Å². The summed E-state index contributed by atoms with van der Waals surface area (Å²) in [5.74, 6) is -0.550. The van der Waals surface area contributed by atoms with E-state index in [9.17, 15) is 13.6 Å². The van der Waals surface area contributed by atoms with Gasteiger partial charge in [-0.15, -0.1) is 0 Å². The summed E-state index contributed by atoms with van der Waals surface area (Å²) in [7, 11) is 0. The fourth-order valence-electron chi connectivity index (χ4n) is 2.73. The molecule has 0 saturated carbocycles. The second kappa shape index (κ2) is 6.19. The maximum absolute atomic E-state index is 14.9. The van der Waals surface area contributed by atoms with Crippen LogP contribution in [0.2, 0.25) is 0 Å². The highest BCUT2D eigenvalue weighted by atomic mass is 127. The van der Waals surface area contributed by atoms with E-state index in [0.717, 1.165) is 0 Å². The zero-order chi connectivity index (χ0) is 18.4. The normalized spacial score (nSPS) is 21.3. The third kappa shape index (κ3) is 2.98. The van der Waals surface area contributed by atoms with Gasteiger partial charge in [-0.05, 0) is 44.2 Å². The molecule has 1 aromatic carbocycles. The van der Waals surface area contributed by atoms with Gasteiger partial charge in [0.15, 0.2) is 5.67 Å². The number of nitrogens with zero attached hydrogens (tertiary/aromatic N) is 1. The molecule has 0 spiro atoms. The highest BCUT2D eigenvalue weighted by Crippen LogP contribution is 2.46. The molecular weight excluding hydrogens is 441 g/mol. The topological polar surface area (TPSA) is 65.2 Å². The van der Waals surface area contributed by atoms with Gasteiger partial charge < -0.3 is 10.5 Å². The van der Waals surface area contributed by atoms with E-state index in [1.54, 1.807) is 25.1 Å². The number of rotatable bonds is 4. The number of benzene rings is 1. The van der Waals surface area contributed by atoms with Crippen molar-refractivity contribution in [2.75, 3.05) is 11.0 Å². The molecule has 2 atom stereocenters. The summed E-state index contributed by atoms with van der Waals surface area (Å²) in [5.41, 5.74) is 4.47. The van der Waals surface area contributed by atoms with Crippen molar-refractivity contribution in [1.82, 2.24) is 4.98 Å². The first kappa shape index (κ1) is 18.0. The lowest BCUT2D eigenvalue weighted by Crippen LogP contribution is -2.40. The van der Waals surface area contributed by atoms with Crippen molar-refractivity contribution in [1.29, 1.82) is 0 Å². The van der Waals surface area contributed by atoms with E-state index in [1.165, 1.54) is 19.1 Å². The van der Waals surface area contributed by atoms with Crippen LogP contribution in [0.3, 0.4) is 0 Å². The molecule has 132 valence electrons. The number of hydrogen-bond acceptors (Lipinski definition) is 3. The van der Waals surface area contributed by atoms with Crippen LogP contribution in [0, 0.1) is 5.82 Å². The van der Waals surface area contributed by atoms with Crippen LogP contribution in [-0.4, -0.2) is 21.9 Å². The van der Waals surface area contributed by atoms with Crippen molar-refractivity contribution in [3.8, 4) is 17.0 Å². The number of carbonyl (C=O) groups excluding carboxylic acids is 1. The lowest BCUT2D eigenvalue weighted by atomic mass is 9.82. The minimum Gasteiger partial charge on any atom is -0.489 e. The Balaban J connectivity index is 2.29. The fourth-order valence-corrected chi connectivity index (χ4v) is 3.12. The number of pyridine rings is 1. The quantitative estimate of drug-likeness (QED) is 0.562. The number of carbonyl (C=O) groups is 1. The van der Waals surface area contributed by atoms with Gasteiger partial charge in [0, 0.05) is 15.6 Å². The van der Waals surface area contributed by atoms with E-state index in [-0.39, 0.29) is 22.5 Å². The first-order valence-electron chi connectivity index (χ1n) is 7.68. The molecule has 3 rings (SSSR count). The lowest BCUT2D eigenvalue weighted by molar-refractivity contribution is -0.123. The average molecular weight is 458 g/mol. The summed E-state index contributed by atoms with van der Waals surface area (Å²) < 4.78 is 34.1. The molecule has 7 heteroatoms. The Hall–Kier alpha value is -1.77. The SMILES string of the molecule is CC(F)(CI)c1cc2c(c(-c3ccc(F)cc3)n1)OC[C@]2(C)C(N)=O. The van der Waals surface area contributed by atoms with Gasteiger partial charge in [-0.25, -0.2) is 13.8 Å². The monoisotopic (exact) mass is 458 g/mol. The molecule has 2 aromatic rings. The van der Waals surface area contributed by atoms with Crippen LogP contribution in [-0.2, 0) is 15.9 Å². The van der Waals surface area contributed by atoms with Gasteiger partial charge in [-0.1, -0.05) is 22.6 Å². The number of aromatic nitrogens is 1. The lowest BCUT2D eigenvalue weighted by Gasteiger charge is -2.22. The van der Waals surface area contributed by atoms with Gasteiger partial charge in [-0.3, -0.25) is 4.79 Å². The summed E-state index contributed by atoms with van der Waals surface area (Å²) in [4.78, 5) is 16.4. The Morgan fingerprint density at radius 1 is 1.44 bits per heavy atom. The Morgan fingerprint density at radius 2 is 2.08 bits per heavy atom. The molecule has 2 heterocycles. The molecule has 0 aliphatic carbocycles. The van der Waals surface area contributed by atoms with Crippen LogP contribution < -0.4 is 10.5 Å². The van der Waals surface area contributed by atoms with Crippen LogP contribution in [0.1, 0.15) is 25.1 Å². The standard InChI is InChI=1S/C18H17F2IN2O2/c1-17(16(22)24)9-25-15-12(17)7-13(18(2,20)8-21)23-14(15)10-3-5-11(19)6-4-10/h3-7H,8-9H2,1-2H3,(H2,22,24)/t17-,18?/m0/s1. The summed E-state index contributed by atoms with van der Waals surface area (Å²) in [6.45, 7) is 3.16. The molecule has 25 heavy (non-hydrogen) atoms. The second-order valence-corrected chi connectivity index (χ2v) is 7.32. The number of hydrogen-bond donors (Lipinski definition) is 1. The summed E-state index contributed by atoms with van der Waals surface area (Å²) in [6, 6.07) is 7.24. The van der Waals surface area contributed by atoms with Crippen LogP contribution in [0.25, 0.3) is 11.3 Å². The molecule has 0 fully saturated rings. The van der Waals surface area contributed by atoms with E-state index >= 15 is 0 Å². The Morgan fingerprint density at radius 3 is 2.64 bits per heavy atom. The van der Waals surface area contributed by atoms with Crippen molar-refractivity contribution in [3.05, 3.63) is 47.4 Å². The first-order valence-corrected chi connectivity index (χ1v) is 9.21. The van der Waals surface area contributed by atoms with E-state index in [2.05, 4.69) is 4.98 Å². The highest BCUT2D eigenvalue weighted by Gasteiger charge is 2.45. The minimum absolute atomic E-state index is 0.0598. The number of alkyl halides is 2. The smallest absolute Gasteiger partial charge is 0.231 e. The third-order valence-corrected chi connectivity index (χ3v) is 5.95. The summed E-state index contributed by atoms with van der Waals surface area (Å²) in [6.07, 6.45) is 0. The van der Waals surface area contributed by atoms with Crippen LogP contribution in [0.15, 0.2) is 30.3 Å². The molecule has 1 aliphatic rings. The molecule has 0 radical (unpaired) electrons. The maximum atomic E-state index is 14.9. The van der Waals surface area contributed by atoms with E-state index in [4.69, 9.17) is 10.5 Å². The maximum Gasteiger partial charge on any atom is 0.231 e. The van der Waals surface area contributed by atoms with Crippen molar-refractivity contribution in [2.24, 2.45) is 5.73 Å². The number of amides is 1. The summed E-state index contributed by atoms with van der Waals surface area (Å²) >= 11 is 1.95. The molecule has 0 saturated heterocycles. The zero-order valence-corrected chi connectivity index (χ0v) is 15.9. The van der Waals surface area contributed by atoms with Crippen molar-refractivity contribution in [2.45, 2.75) is 24.9 Å². The number of nitrogens with two attached hydrogens (primary N) is 1. The molecule has 4 nitrogen and oxygen atoms in total. The van der Waals surface area contributed by atoms with Crippen LogP contribution in [0.5, 0.6) is 5.75 Å². The Bertz CT molecular complexity index is 840. The number of primary amides is 1. The predicted molar refractivity (Wildman–Crippen MR) is 99.0 cm³/mol. The largest absolute Gasteiger partial charge is 0.489 e. The molecule has 1 aliphatic heterocycles. The Kier molecular flexibility index (Phi) is 4.47. The molecule has 1 unspecified atom stereocenters. The number of fused-ring (bicyclic) bond motifs is 1. The molecule has 2 N–H and O–H groups in total. The van der Waals surface area contributed by atoms with Gasteiger partial charge in [0.25, 0.3) is 0 Å². The minimum atomic E-state index is -1.69. The zero-order valence-electron chi connectivity index (χ0n) is 13.8. The van der Waals surface area contributed by atoms with E-state index < -0.39 is 17.0 Å². The highest BCUT2D eigenvalue weighted by molar-refractivity contribution is 14.1. The molecular formula is C18H17F2IN2O2. The average Bonchev–Trinajstić information content (AvgIpc) is 2.93. The van der Waals surface area contributed by atoms with Gasteiger partial charge >= 0.3 is 0 Å². The van der Waals surface area contributed by atoms with Crippen molar-refractivity contribution < 1.29 is 18.3 Å². The molecule has 0 bridgehead atoms. The van der Waals surface area contributed by atoms with Gasteiger partial charge in [0.2, 0.25) is 5.91 Å².